The van der Waals surface area contributed by atoms with Crippen LogP contribution in [0.2, 0.25) is 0 Å². The first-order valence-electron chi connectivity index (χ1n) is 7.70. The molecule has 5 heteroatoms. The predicted molar refractivity (Wildman–Crippen MR) is 83.8 cm³/mol. The quantitative estimate of drug-likeness (QED) is 0.848. The summed E-state index contributed by atoms with van der Waals surface area (Å²) in [6, 6.07) is 6.02. The number of nitrogens with zero attached hydrogens (tertiary/aromatic N) is 3. The number of amides is 1. The average molecular weight is 290 g/mol. The van der Waals surface area contributed by atoms with E-state index in [1.807, 2.05) is 32.4 Å². The number of likely N-dealkylation sites (N-methyl/N-ethyl adjacent to an activating group) is 1. The highest BCUT2D eigenvalue weighted by Crippen LogP contribution is 2.18. The third-order valence-electron chi connectivity index (χ3n) is 3.93. The van der Waals surface area contributed by atoms with Gasteiger partial charge < -0.3 is 10.2 Å². The van der Waals surface area contributed by atoms with Gasteiger partial charge in [0.1, 0.15) is 0 Å². The van der Waals surface area contributed by atoms with Gasteiger partial charge in [0.15, 0.2) is 0 Å². The molecule has 0 spiro atoms. The third kappa shape index (κ3) is 5.44. The van der Waals surface area contributed by atoms with Crippen molar-refractivity contribution in [2.45, 2.75) is 19.4 Å². The molecule has 1 aromatic heterocycles. The van der Waals surface area contributed by atoms with E-state index in [0.717, 1.165) is 51.3 Å². The van der Waals surface area contributed by atoms with Crippen molar-refractivity contribution in [1.82, 2.24) is 20.1 Å². The van der Waals surface area contributed by atoms with Gasteiger partial charge in [-0.2, -0.15) is 0 Å². The van der Waals surface area contributed by atoms with E-state index in [4.69, 9.17) is 0 Å². The molecule has 2 rings (SSSR count). The zero-order chi connectivity index (χ0) is 15.1. The highest BCUT2D eigenvalue weighted by atomic mass is 16.1. The molecule has 0 aromatic carbocycles. The van der Waals surface area contributed by atoms with E-state index >= 15 is 0 Å². The zero-order valence-electron chi connectivity index (χ0n) is 13.1. The molecule has 1 saturated heterocycles. The van der Waals surface area contributed by atoms with Gasteiger partial charge in [-0.25, -0.2) is 0 Å². The van der Waals surface area contributed by atoms with Crippen LogP contribution in [0.1, 0.15) is 18.5 Å². The maximum Gasteiger partial charge on any atom is 0.223 e. The Hall–Kier alpha value is -1.46. The molecule has 21 heavy (non-hydrogen) atoms. The summed E-state index contributed by atoms with van der Waals surface area (Å²) in [5.74, 6) is 0.390. The summed E-state index contributed by atoms with van der Waals surface area (Å²) in [7, 11) is 4.03. The van der Waals surface area contributed by atoms with E-state index in [2.05, 4.69) is 26.2 Å². The van der Waals surface area contributed by atoms with Crippen molar-refractivity contribution in [1.29, 1.82) is 0 Å². The lowest BCUT2D eigenvalue weighted by Gasteiger charge is -2.31. The number of carbonyl (C=O) groups is 1. The van der Waals surface area contributed by atoms with Gasteiger partial charge in [0.25, 0.3) is 0 Å². The standard InChI is InChI=1S/C16H26N4O/c1-19(2)12-9-18-16(21)14-6-10-20(11-7-14)13-15-5-3-4-8-17-15/h3-5,8,14H,6-7,9-13H2,1-2H3,(H,18,21). The first kappa shape index (κ1) is 15.9. The van der Waals surface area contributed by atoms with Gasteiger partial charge in [0.2, 0.25) is 5.91 Å². The van der Waals surface area contributed by atoms with Gasteiger partial charge in [-0.3, -0.25) is 14.7 Å². The average Bonchev–Trinajstić information content (AvgIpc) is 2.48. The van der Waals surface area contributed by atoms with E-state index in [9.17, 15) is 4.79 Å². The van der Waals surface area contributed by atoms with Crippen LogP contribution in [0.3, 0.4) is 0 Å². The van der Waals surface area contributed by atoms with E-state index in [-0.39, 0.29) is 11.8 Å². The van der Waals surface area contributed by atoms with Crippen molar-refractivity contribution in [2.24, 2.45) is 5.92 Å². The molecule has 1 amide bonds. The fraction of sp³-hybridized carbons (Fsp3) is 0.625. The second-order valence-electron chi connectivity index (χ2n) is 5.97. The Morgan fingerprint density at radius 1 is 1.38 bits per heavy atom. The van der Waals surface area contributed by atoms with E-state index in [1.54, 1.807) is 0 Å². The van der Waals surface area contributed by atoms with Crippen LogP contribution in [0.5, 0.6) is 0 Å². The Morgan fingerprint density at radius 3 is 2.76 bits per heavy atom. The number of rotatable bonds is 6. The summed E-state index contributed by atoms with van der Waals surface area (Å²) in [4.78, 5) is 20.9. The molecule has 0 saturated carbocycles. The Labute approximate surface area is 127 Å². The Kier molecular flexibility index (Phi) is 6.14. The summed E-state index contributed by atoms with van der Waals surface area (Å²) in [5.41, 5.74) is 1.10. The van der Waals surface area contributed by atoms with E-state index in [1.165, 1.54) is 0 Å². The summed E-state index contributed by atoms with van der Waals surface area (Å²) in [6.45, 7) is 4.46. The van der Waals surface area contributed by atoms with Crippen LogP contribution in [0.15, 0.2) is 24.4 Å². The normalized spacial score (nSPS) is 17.1. The molecule has 1 fully saturated rings. The number of carbonyl (C=O) groups excluding carboxylic acids is 1. The van der Waals surface area contributed by atoms with Gasteiger partial charge in [0, 0.05) is 31.7 Å². The second kappa shape index (κ2) is 8.10. The Balaban J connectivity index is 1.69. The lowest BCUT2D eigenvalue weighted by molar-refractivity contribution is -0.126. The summed E-state index contributed by atoms with van der Waals surface area (Å²) < 4.78 is 0. The fourth-order valence-corrected chi connectivity index (χ4v) is 2.62. The molecule has 116 valence electrons. The van der Waals surface area contributed by atoms with Gasteiger partial charge in [-0.1, -0.05) is 6.07 Å². The van der Waals surface area contributed by atoms with Crippen LogP contribution in [-0.2, 0) is 11.3 Å². The Bertz CT molecular complexity index is 427. The molecule has 5 nitrogen and oxygen atoms in total. The van der Waals surface area contributed by atoms with Gasteiger partial charge in [0.05, 0.1) is 5.69 Å². The highest BCUT2D eigenvalue weighted by molar-refractivity contribution is 5.78. The first-order chi connectivity index (χ1) is 10.1. The van der Waals surface area contributed by atoms with Crippen LogP contribution in [0, 0.1) is 5.92 Å². The SMILES string of the molecule is CN(C)CCNC(=O)C1CCN(Cc2ccccn2)CC1. The molecule has 0 aliphatic carbocycles. The topological polar surface area (TPSA) is 48.5 Å². The minimum atomic E-state index is 0.173. The molecule has 0 radical (unpaired) electrons. The molecule has 0 atom stereocenters. The second-order valence-corrected chi connectivity index (χ2v) is 5.97. The van der Waals surface area contributed by atoms with Gasteiger partial charge in [-0.15, -0.1) is 0 Å². The van der Waals surface area contributed by atoms with Crippen molar-refractivity contribution in [3.05, 3.63) is 30.1 Å². The number of hydrogen-bond acceptors (Lipinski definition) is 4. The number of piperidine rings is 1. The molecule has 1 aliphatic heterocycles. The number of pyridine rings is 1. The van der Waals surface area contributed by atoms with Gasteiger partial charge >= 0.3 is 0 Å². The number of nitrogens with one attached hydrogen (secondary N) is 1. The minimum Gasteiger partial charge on any atom is -0.355 e. The van der Waals surface area contributed by atoms with Crippen LogP contribution >= 0.6 is 0 Å². The summed E-state index contributed by atoms with van der Waals surface area (Å²) in [6.07, 6.45) is 3.72. The smallest absolute Gasteiger partial charge is 0.223 e. The van der Waals surface area contributed by atoms with Gasteiger partial charge in [-0.05, 0) is 52.2 Å². The predicted octanol–water partition coefficient (Wildman–Crippen LogP) is 0.971. The maximum absolute atomic E-state index is 12.1. The van der Waals surface area contributed by atoms with Crippen molar-refractivity contribution in [3.8, 4) is 0 Å². The summed E-state index contributed by atoms with van der Waals surface area (Å²) >= 11 is 0. The zero-order valence-corrected chi connectivity index (χ0v) is 13.1. The number of aromatic nitrogens is 1. The third-order valence-corrected chi connectivity index (χ3v) is 3.93. The van der Waals surface area contributed by atoms with Crippen molar-refractivity contribution >= 4 is 5.91 Å². The lowest BCUT2D eigenvalue weighted by Crippen LogP contribution is -2.41. The Morgan fingerprint density at radius 2 is 2.14 bits per heavy atom. The monoisotopic (exact) mass is 290 g/mol. The molecule has 1 N–H and O–H groups in total. The maximum atomic E-state index is 12.1. The molecular weight excluding hydrogens is 264 g/mol. The lowest BCUT2D eigenvalue weighted by atomic mass is 9.96. The molecule has 1 aliphatic rings. The fourth-order valence-electron chi connectivity index (χ4n) is 2.62. The first-order valence-corrected chi connectivity index (χ1v) is 7.70. The molecular formula is C16H26N4O. The summed E-state index contributed by atoms with van der Waals surface area (Å²) in [5, 5.41) is 3.04. The van der Waals surface area contributed by atoms with Crippen LogP contribution < -0.4 is 5.32 Å². The molecule has 1 aromatic rings. The van der Waals surface area contributed by atoms with Crippen LogP contribution in [0.4, 0.5) is 0 Å². The van der Waals surface area contributed by atoms with Crippen LogP contribution in [-0.4, -0.2) is 61.0 Å². The largest absolute Gasteiger partial charge is 0.355 e. The minimum absolute atomic E-state index is 0.173. The molecule has 0 bridgehead atoms. The number of likely N-dealkylation sites (tertiary alicyclic amines) is 1. The highest BCUT2D eigenvalue weighted by Gasteiger charge is 2.24. The van der Waals surface area contributed by atoms with Crippen LogP contribution in [0.25, 0.3) is 0 Å². The van der Waals surface area contributed by atoms with Crippen molar-refractivity contribution < 1.29 is 4.79 Å². The van der Waals surface area contributed by atoms with E-state index in [0.29, 0.717) is 0 Å². The van der Waals surface area contributed by atoms with E-state index < -0.39 is 0 Å². The number of hydrogen-bond donors (Lipinski definition) is 1. The van der Waals surface area contributed by atoms with Crippen molar-refractivity contribution in [2.75, 3.05) is 40.3 Å². The molecule has 0 unspecified atom stereocenters. The van der Waals surface area contributed by atoms with Crippen molar-refractivity contribution in [3.63, 3.8) is 0 Å². The molecule has 2 heterocycles.